The van der Waals surface area contributed by atoms with E-state index >= 15 is 4.79 Å². The van der Waals surface area contributed by atoms with Crippen molar-refractivity contribution in [2.45, 2.75) is 114 Å². The van der Waals surface area contributed by atoms with E-state index in [1.54, 1.807) is 23.9 Å². The van der Waals surface area contributed by atoms with Gasteiger partial charge in [0.25, 0.3) is 0 Å². The normalized spacial score (nSPS) is 27.1. The van der Waals surface area contributed by atoms with Gasteiger partial charge < -0.3 is 19.8 Å². The third kappa shape index (κ3) is 7.13. The molecule has 1 N–H and O–H groups in total. The Morgan fingerprint density at radius 2 is 1.65 bits per heavy atom. The number of hydrogen-bond donors (Lipinski definition) is 1. The van der Waals surface area contributed by atoms with Gasteiger partial charge in [-0.2, -0.15) is 0 Å². The highest BCUT2D eigenvalue weighted by atomic mass is 32.2. The molecule has 0 aromatic heterocycles. The molecule has 2 bridgehead atoms. The van der Waals surface area contributed by atoms with Crippen LogP contribution in [0.1, 0.15) is 92.1 Å². The van der Waals surface area contributed by atoms with Gasteiger partial charge in [-0.1, -0.05) is 76.1 Å². The number of amides is 3. The van der Waals surface area contributed by atoms with Gasteiger partial charge >= 0.3 is 0 Å². The summed E-state index contributed by atoms with van der Waals surface area (Å²) >= 11 is 1.74. The Labute approximate surface area is 281 Å². The van der Waals surface area contributed by atoms with E-state index in [9.17, 15) is 14.7 Å². The van der Waals surface area contributed by atoms with Crippen LogP contribution in [0.25, 0.3) is 0 Å². The lowest BCUT2D eigenvalue weighted by Gasteiger charge is -2.46. The Morgan fingerprint density at radius 1 is 1.00 bits per heavy atom. The smallest absolute Gasteiger partial charge is 0.247 e. The Balaban J connectivity index is 1.75. The molecule has 8 heteroatoms. The zero-order valence-electron chi connectivity index (χ0n) is 29.1. The topological polar surface area (TPSA) is 81.2 Å². The Morgan fingerprint density at radius 3 is 2.26 bits per heavy atom. The number of hydrogen-bond acceptors (Lipinski definition) is 5. The van der Waals surface area contributed by atoms with Crippen molar-refractivity contribution in [2.24, 2.45) is 17.3 Å². The number of fused-ring (bicyclic) bond motifs is 1. The van der Waals surface area contributed by atoms with Crippen molar-refractivity contribution in [3.63, 3.8) is 0 Å². The van der Waals surface area contributed by atoms with Crippen LogP contribution in [0.5, 0.6) is 0 Å². The number of likely N-dealkylation sites (tertiary alicyclic amines) is 1. The molecule has 3 amide bonds. The molecule has 46 heavy (non-hydrogen) atoms. The van der Waals surface area contributed by atoms with Gasteiger partial charge in [0, 0.05) is 43.1 Å². The maximum Gasteiger partial charge on any atom is 0.247 e. The molecule has 1 spiro atoms. The molecule has 3 saturated heterocycles. The van der Waals surface area contributed by atoms with Crippen molar-refractivity contribution in [3.05, 3.63) is 61.2 Å². The van der Waals surface area contributed by atoms with E-state index in [-0.39, 0.29) is 29.7 Å². The fraction of sp³-hybridized carbons (Fsp3) is 0.658. The zero-order chi connectivity index (χ0) is 33.9. The van der Waals surface area contributed by atoms with Gasteiger partial charge in [-0.3, -0.25) is 14.4 Å². The summed E-state index contributed by atoms with van der Waals surface area (Å²) < 4.78 is -1.11. The molecule has 1 aromatic rings. The molecule has 0 radical (unpaired) electrons. The zero-order valence-corrected chi connectivity index (χ0v) is 29.9. The second-order valence-corrected chi connectivity index (χ2v) is 17.6. The third-order valence-corrected chi connectivity index (χ3v) is 12.2. The van der Waals surface area contributed by atoms with E-state index < -0.39 is 32.9 Å². The predicted octanol–water partition coefficient (Wildman–Crippen LogP) is 6.46. The Kier molecular flexibility index (Phi) is 11.2. The van der Waals surface area contributed by atoms with E-state index in [0.717, 1.165) is 50.5 Å². The molecule has 3 fully saturated rings. The largest absolute Gasteiger partial charge is 0.396 e. The lowest BCUT2D eigenvalue weighted by Crippen LogP contribution is -2.60. The van der Waals surface area contributed by atoms with Gasteiger partial charge in [0.1, 0.15) is 6.04 Å². The monoisotopic (exact) mass is 651 g/mol. The second-order valence-electron chi connectivity index (χ2n) is 15.7. The second kappa shape index (κ2) is 14.3. The first-order valence-corrected chi connectivity index (χ1v) is 17.9. The molecule has 2 unspecified atom stereocenters. The van der Waals surface area contributed by atoms with Crippen LogP contribution in [-0.2, 0) is 20.9 Å². The van der Waals surface area contributed by atoms with Crippen LogP contribution in [0.3, 0.4) is 0 Å². The number of rotatable bonds is 16. The van der Waals surface area contributed by atoms with Gasteiger partial charge in [-0.25, -0.2) is 0 Å². The van der Waals surface area contributed by atoms with Gasteiger partial charge in [0.15, 0.2) is 0 Å². The molecule has 254 valence electrons. The Bertz CT molecular complexity index is 1280. The maximum atomic E-state index is 15.1. The number of nitrogens with zero attached hydrogens (tertiary/aromatic N) is 3. The minimum atomic E-state index is -0.668. The fourth-order valence-corrected chi connectivity index (χ4v) is 11.1. The van der Waals surface area contributed by atoms with E-state index in [0.29, 0.717) is 26.2 Å². The van der Waals surface area contributed by atoms with Gasteiger partial charge in [-0.05, 0) is 63.9 Å². The van der Waals surface area contributed by atoms with E-state index in [1.807, 2.05) is 45.0 Å². The van der Waals surface area contributed by atoms with Crippen molar-refractivity contribution in [1.82, 2.24) is 14.7 Å². The van der Waals surface area contributed by atoms with Crippen LogP contribution in [0.2, 0.25) is 0 Å². The van der Waals surface area contributed by atoms with E-state index in [1.165, 1.54) is 0 Å². The van der Waals surface area contributed by atoms with Crippen LogP contribution >= 0.6 is 11.8 Å². The summed E-state index contributed by atoms with van der Waals surface area (Å²) in [5.74, 6) is -1.19. The number of thioether (sulfide) groups is 1. The van der Waals surface area contributed by atoms with Crippen LogP contribution in [-0.4, -0.2) is 84.8 Å². The summed E-state index contributed by atoms with van der Waals surface area (Å²) in [6.07, 6.45) is 9.06. The van der Waals surface area contributed by atoms with Crippen molar-refractivity contribution < 1.29 is 19.5 Å². The molecular weight excluding hydrogens is 595 g/mol. The molecular formula is C38H57N3O4S. The Hall–Kier alpha value is -2.58. The first-order chi connectivity index (χ1) is 21.7. The molecule has 3 aliphatic heterocycles. The van der Waals surface area contributed by atoms with Crippen LogP contribution in [0.15, 0.2) is 55.6 Å². The summed E-state index contributed by atoms with van der Waals surface area (Å²) in [4.78, 5) is 50.1. The fourth-order valence-electron chi connectivity index (χ4n) is 8.76. The SMILES string of the molecule is C=CCN(Cc1ccccc1)C(=O)[C@H]1[C@H]2C(=O)N(CCCCCCO)C(C(=O)N(CC=C)C(C)(C)CC(C)(C)C)C23CC[C@]1(C)S3. The van der Waals surface area contributed by atoms with Crippen molar-refractivity contribution >= 4 is 29.5 Å². The average molecular weight is 652 g/mol. The molecule has 0 aliphatic carbocycles. The lowest BCUT2D eigenvalue weighted by molar-refractivity contribution is -0.147. The summed E-state index contributed by atoms with van der Waals surface area (Å²) in [6.45, 7) is 22.7. The van der Waals surface area contributed by atoms with Crippen LogP contribution in [0, 0.1) is 17.3 Å². The quantitative estimate of drug-likeness (QED) is 0.164. The highest BCUT2D eigenvalue weighted by molar-refractivity contribution is 8.02. The number of unbranched alkanes of at least 4 members (excludes halogenated alkanes) is 3. The summed E-state index contributed by atoms with van der Waals surface area (Å²) in [5, 5.41) is 9.30. The maximum absolute atomic E-state index is 15.1. The van der Waals surface area contributed by atoms with Crippen LogP contribution in [0.4, 0.5) is 0 Å². The summed E-state index contributed by atoms with van der Waals surface area (Å²) in [6, 6.07) is 9.30. The molecule has 7 nitrogen and oxygen atoms in total. The number of aliphatic hydroxyl groups excluding tert-OH is 1. The highest BCUT2D eigenvalue weighted by Gasteiger charge is 2.77. The van der Waals surface area contributed by atoms with Crippen molar-refractivity contribution in [1.29, 1.82) is 0 Å². The standard InChI is InChI=1S/C38H57N3O4S/c1-9-22-39(26-28-18-14-13-15-19-28)32(43)29-30-33(44)40(24-16-11-12-17-25-42)31(38(30)21-20-37(29,8)46-38)34(45)41(23-10-2)36(6,7)27-35(3,4)5/h9-10,13-15,18-19,29-31,42H,1-2,11-12,16-17,20-27H2,3-8H3/t29-,30+,31?,37+,38?/m1/s1. The lowest BCUT2D eigenvalue weighted by atomic mass is 9.66. The first-order valence-electron chi connectivity index (χ1n) is 17.1. The minimum absolute atomic E-state index is 0.0131. The third-order valence-electron chi connectivity index (χ3n) is 10.2. The number of benzene rings is 1. The van der Waals surface area contributed by atoms with Gasteiger partial charge in [0.05, 0.1) is 16.6 Å². The van der Waals surface area contributed by atoms with Crippen LogP contribution < -0.4 is 0 Å². The molecule has 1 aromatic carbocycles. The van der Waals surface area contributed by atoms with E-state index in [4.69, 9.17) is 0 Å². The van der Waals surface area contributed by atoms with Crippen molar-refractivity contribution in [2.75, 3.05) is 26.2 Å². The number of carbonyl (C=O) groups excluding carboxylic acids is 3. The van der Waals surface area contributed by atoms with Crippen molar-refractivity contribution in [3.8, 4) is 0 Å². The first kappa shape index (κ1) is 36.3. The average Bonchev–Trinajstić information content (AvgIpc) is 3.54. The molecule has 4 rings (SSSR count). The highest BCUT2D eigenvalue weighted by Crippen LogP contribution is 2.71. The number of carbonyl (C=O) groups is 3. The summed E-state index contributed by atoms with van der Waals surface area (Å²) in [7, 11) is 0. The van der Waals surface area contributed by atoms with Gasteiger partial charge in [-0.15, -0.1) is 24.9 Å². The molecule has 0 saturated carbocycles. The molecule has 5 atom stereocenters. The molecule has 3 aliphatic rings. The predicted molar refractivity (Wildman–Crippen MR) is 188 cm³/mol. The minimum Gasteiger partial charge on any atom is -0.396 e. The van der Waals surface area contributed by atoms with Gasteiger partial charge in [0.2, 0.25) is 17.7 Å². The summed E-state index contributed by atoms with van der Waals surface area (Å²) in [5.41, 5.74) is 0.552. The molecule has 3 heterocycles. The number of aliphatic hydroxyl groups is 1. The van der Waals surface area contributed by atoms with E-state index in [2.05, 4.69) is 54.7 Å².